The highest BCUT2D eigenvalue weighted by atomic mass is 13.6. The standard InChI is InChI=1S/C47H3/c1-3-5-7-9-11-13-15-17-19-21-23-25-27-29-31-33-35-37-39-41-43-45-47-46-44-42-40-38-36-34-32-30-28-26-24-22-20-18-16-14-12-10-8-6-4-2/h1H,2H2/q-1. The molecule has 0 fully saturated rings. The summed E-state index contributed by atoms with van der Waals surface area (Å²) >= 11 is 0. The third-order valence-electron chi connectivity index (χ3n) is 2.79. The molecule has 0 radical (unpaired) electrons. The van der Waals surface area contributed by atoms with E-state index < -0.39 is 0 Å². The summed E-state index contributed by atoms with van der Waals surface area (Å²) in [5, 5.41) is 0. The molecule has 0 heterocycles. The van der Waals surface area contributed by atoms with Crippen molar-refractivity contribution in [2.45, 2.75) is 0 Å². The molecule has 0 saturated heterocycles. The zero-order chi connectivity index (χ0) is 33.8. The molecule has 0 aliphatic rings. The van der Waals surface area contributed by atoms with Gasteiger partial charge in [-0.25, -0.2) is 5.92 Å². The van der Waals surface area contributed by atoms with Gasteiger partial charge in [0.15, 0.2) is 0 Å². The van der Waals surface area contributed by atoms with Gasteiger partial charge in [0.2, 0.25) is 0 Å². The molecule has 0 aromatic heterocycles. The second kappa shape index (κ2) is 35.8. The normalized spacial score (nSPS) is 3.89. The number of rotatable bonds is 0. The summed E-state index contributed by atoms with van der Waals surface area (Å²) in [5.74, 6) is 111. The van der Waals surface area contributed by atoms with E-state index >= 15 is 0 Å². The molecule has 0 heteroatoms. The highest BCUT2D eigenvalue weighted by Crippen LogP contribution is 1.62. The average Bonchev–Trinajstić information content (AvgIpc) is 3.08. The monoisotopic (exact) mass is 567 g/mol. The van der Waals surface area contributed by atoms with Crippen molar-refractivity contribution in [2.75, 3.05) is 0 Å². The zero-order valence-electron chi connectivity index (χ0n) is 23.8. The Morgan fingerprint density at radius 1 is 0.170 bits per heavy atom. The lowest BCUT2D eigenvalue weighted by atomic mass is 10.4. The van der Waals surface area contributed by atoms with Crippen LogP contribution in [-0.2, 0) is 0 Å². The summed E-state index contributed by atoms with van der Waals surface area (Å²) in [5.41, 5.74) is 0. The van der Waals surface area contributed by atoms with Crippen molar-refractivity contribution >= 4 is 0 Å². The maximum absolute atomic E-state index is 4.94. The van der Waals surface area contributed by atoms with Crippen LogP contribution >= 0.6 is 0 Å². The van der Waals surface area contributed by atoms with Crippen molar-refractivity contribution in [2.24, 2.45) is 0 Å². The molecular formula is C47H3-. The van der Waals surface area contributed by atoms with Crippen LogP contribution in [0.1, 0.15) is 0 Å². The molecule has 0 nitrogen and oxygen atoms in total. The van der Waals surface area contributed by atoms with Crippen LogP contribution in [0.4, 0.5) is 0 Å². The Bertz CT molecular complexity index is 2810. The predicted octanol–water partition coefficient (Wildman–Crippen LogP) is 0.528. The fourth-order valence-corrected chi connectivity index (χ4v) is 1.36. The molecule has 192 valence electrons. The third kappa shape index (κ3) is 35.8. The molecule has 0 N–H and O–H groups in total. The molecule has 0 bridgehead atoms. The van der Waals surface area contributed by atoms with Crippen LogP contribution in [0.25, 0.3) is 0 Å². The van der Waals surface area contributed by atoms with Crippen LogP contribution < -0.4 is 0 Å². The Hall–Kier alpha value is -10.3. The Morgan fingerprint density at radius 2 is 0.277 bits per heavy atom. The molecule has 0 saturated carbocycles. The molecule has 0 unspecified atom stereocenters. The van der Waals surface area contributed by atoms with E-state index in [2.05, 4.69) is 273 Å². The molecule has 0 rings (SSSR count). The van der Waals surface area contributed by atoms with E-state index in [0.717, 1.165) is 0 Å². The first kappa shape index (κ1) is 36.8. The smallest absolute Gasteiger partial charge is 0 e. The van der Waals surface area contributed by atoms with Gasteiger partial charge in [-0.1, -0.05) is 0 Å². The van der Waals surface area contributed by atoms with Crippen molar-refractivity contribution < 1.29 is 0 Å². The summed E-state index contributed by atoms with van der Waals surface area (Å²) in [6.45, 7) is 3.31. The van der Waals surface area contributed by atoms with Gasteiger partial charge in [0.25, 0.3) is 0 Å². The maximum atomic E-state index is 4.94. The average molecular weight is 568 g/mol. The van der Waals surface area contributed by atoms with E-state index in [9.17, 15) is 0 Å². The van der Waals surface area contributed by atoms with E-state index in [1.165, 1.54) is 0 Å². The van der Waals surface area contributed by atoms with E-state index in [0.29, 0.717) is 0 Å². The van der Waals surface area contributed by atoms with Crippen LogP contribution in [0.2, 0.25) is 0 Å². The molecule has 0 aliphatic heterocycles. The van der Waals surface area contributed by atoms with Crippen LogP contribution in [-0.4, -0.2) is 0 Å². The van der Waals surface area contributed by atoms with Crippen LogP contribution in [0.15, 0.2) is 0 Å². The predicted molar refractivity (Wildman–Crippen MR) is 185 cm³/mol. The zero-order valence-corrected chi connectivity index (χ0v) is 23.8. The number of hydrogen-bond donors (Lipinski definition) is 0. The lowest BCUT2D eigenvalue weighted by Gasteiger charge is -1.64. The van der Waals surface area contributed by atoms with Gasteiger partial charge in [0.1, 0.15) is 0 Å². The first-order chi connectivity index (χ1) is 23.4. The molecule has 47 heavy (non-hydrogen) atoms. The molecular weight excluding hydrogens is 565 g/mol. The van der Waals surface area contributed by atoms with E-state index in [1.54, 1.807) is 0 Å². The fraction of sp³-hybridized carbons (Fsp3) is 0. The van der Waals surface area contributed by atoms with Gasteiger partial charge in [-0.15, -0.1) is 12.3 Å². The van der Waals surface area contributed by atoms with Gasteiger partial charge in [0, 0.05) is 154 Å². The Balaban J connectivity index is 4.55. The minimum atomic E-state index is 2.12. The van der Waals surface area contributed by atoms with Gasteiger partial charge >= 0.3 is 0 Å². The van der Waals surface area contributed by atoms with Crippen molar-refractivity contribution in [1.82, 2.24) is 0 Å². The minimum absolute atomic E-state index is 2.12. The summed E-state index contributed by atoms with van der Waals surface area (Å²) in [7, 11) is 0. The highest BCUT2D eigenvalue weighted by Gasteiger charge is 1.61. The van der Waals surface area contributed by atoms with E-state index in [-0.39, 0.29) is 0 Å². The summed E-state index contributed by atoms with van der Waals surface area (Å²) in [4.78, 5) is 0. The van der Waals surface area contributed by atoms with Crippen molar-refractivity contribution in [3.8, 4) is 273 Å². The summed E-state index contributed by atoms with van der Waals surface area (Å²) < 4.78 is 0. The SMILES string of the molecule is C#CC#CC#CC#CC#CC#CC#CC#CC#CC#CC#CC#CC#CC#CC#CC#CC#CC#CC#CC#CC#CC#CC#C[CH2-]. The van der Waals surface area contributed by atoms with Crippen LogP contribution in [0.3, 0.4) is 0 Å². The largest absolute Gasteiger partial charge is 0.284 e. The molecule has 0 aromatic carbocycles. The number of terminal acetylenes is 1. The third-order valence-corrected chi connectivity index (χ3v) is 2.79. The van der Waals surface area contributed by atoms with Crippen LogP contribution in [0, 0.1) is 280 Å². The minimum Gasteiger partial charge on any atom is -0.284 e. The van der Waals surface area contributed by atoms with E-state index in [1.807, 2.05) is 0 Å². The number of hydrogen-bond acceptors (Lipinski definition) is 0. The molecule has 0 atom stereocenters. The maximum Gasteiger partial charge on any atom is 0 e. The van der Waals surface area contributed by atoms with Gasteiger partial charge < -0.3 is 0 Å². The second-order valence-electron chi connectivity index (χ2n) is 5.70. The van der Waals surface area contributed by atoms with Gasteiger partial charge in [0.05, 0.1) is 0 Å². The summed E-state index contributed by atoms with van der Waals surface area (Å²) in [6, 6.07) is 0. The molecule has 0 aliphatic carbocycles. The Kier molecular flexibility index (Phi) is 28.0. The highest BCUT2D eigenvalue weighted by molar-refractivity contribution is 5.50. The first-order valence-corrected chi connectivity index (χ1v) is 11.6. The van der Waals surface area contributed by atoms with Crippen LogP contribution in [0.5, 0.6) is 0 Å². The summed E-state index contributed by atoms with van der Waals surface area (Å²) in [6.07, 6.45) is 4.94. The Labute approximate surface area is 279 Å². The molecule has 0 aromatic rings. The van der Waals surface area contributed by atoms with Crippen molar-refractivity contribution in [3.05, 3.63) is 6.92 Å². The van der Waals surface area contributed by atoms with Gasteiger partial charge in [-0.3, -0.25) is 5.92 Å². The molecule has 0 amide bonds. The molecule has 0 spiro atoms. The second-order valence-corrected chi connectivity index (χ2v) is 5.70. The van der Waals surface area contributed by atoms with Crippen molar-refractivity contribution in [1.29, 1.82) is 0 Å². The van der Waals surface area contributed by atoms with E-state index in [4.69, 9.17) is 6.42 Å². The Morgan fingerprint density at radius 3 is 0.383 bits per heavy atom. The lowest BCUT2D eigenvalue weighted by molar-refractivity contribution is 2.31. The first-order valence-electron chi connectivity index (χ1n) is 11.6. The topological polar surface area (TPSA) is 0 Å². The quantitative estimate of drug-likeness (QED) is 0.296. The van der Waals surface area contributed by atoms with Gasteiger partial charge in [-0.05, 0) is 94.7 Å². The van der Waals surface area contributed by atoms with Gasteiger partial charge in [-0.2, -0.15) is 6.92 Å². The lowest BCUT2D eigenvalue weighted by Crippen LogP contribution is -1.57. The van der Waals surface area contributed by atoms with Crippen molar-refractivity contribution in [3.63, 3.8) is 0 Å². The fourth-order valence-electron chi connectivity index (χ4n) is 1.36.